The van der Waals surface area contributed by atoms with E-state index >= 15 is 0 Å². The van der Waals surface area contributed by atoms with Gasteiger partial charge in [0.2, 0.25) is 0 Å². The summed E-state index contributed by atoms with van der Waals surface area (Å²) in [4.78, 5) is 10.2. The van der Waals surface area contributed by atoms with E-state index < -0.39 is 10.1 Å². The summed E-state index contributed by atoms with van der Waals surface area (Å²) < 4.78 is 33.2. The first-order valence-electron chi connectivity index (χ1n) is 3.50. The fourth-order valence-corrected chi connectivity index (χ4v) is 1.17. The van der Waals surface area contributed by atoms with E-state index in [-0.39, 0.29) is 47.9 Å². The minimum atomic E-state index is -3.87. The summed E-state index contributed by atoms with van der Waals surface area (Å²) in [7, 11) is -3.87. The monoisotopic (exact) mass is 219 g/mol. The Morgan fingerprint density at radius 2 is 1.92 bits per heavy atom. The molecule has 0 amide bonds. The number of carbonyl (C=O) groups is 1. The van der Waals surface area contributed by atoms with Gasteiger partial charge in [-0.3, -0.25) is 9.35 Å². The number of rotatable bonds is 5. The molecule has 5 nitrogen and oxygen atoms in total. The minimum Gasteiger partial charge on any atom is -0.466 e. The molecule has 0 aromatic rings. The molecule has 0 aromatic heterocycles. The van der Waals surface area contributed by atoms with E-state index in [2.05, 4.69) is 4.74 Å². The van der Waals surface area contributed by atoms with Crippen LogP contribution in [-0.2, 0) is 19.6 Å². The molecule has 0 atom stereocenters. The zero-order chi connectivity index (χ0) is 9.61. The van der Waals surface area contributed by atoms with Crippen molar-refractivity contribution in [2.24, 2.45) is 0 Å². The van der Waals surface area contributed by atoms with Crippen molar-refractivity contribution in [3.05, 3.63) is 0 Å². The fraction of sp³-hybridized carbons (Fsp3) is 0.833. The molecule has 0 unspecified atom stereocenters. The Kier molecular flexibility index (Phi) is 9.44. The Hall–Kier alpha value is 0.380. The van der Waals surface area contributed by atoms with Crippen molar-refractivity contribution in [2.45, 2.75) is 19.8 Å². The van der Waals surface area contributed by atoms with Gasteiger partial charge in [-0.05, 0) is 12.8 Å². The van der Waals surface area contributed by atoms with Gasteiger partial charge in [-0.15, -0.1) is 0 Å². The van der Waals surface area contributed by atoms with Crippen molar-refractivity contribution in [1.29, 1.82) is 0 Å². The Morgan fingerprint density at radius 3 is 2.31 bits per heavy atom. The van der Waals surface area contributed by atoms with Crippen molar-refractivity contribution >= 4 is 45.6 Å². The van der Waals surface area contributed by atoms with Gasteiger partial charge in [-0.2, -0.15) is 8.42 Å². The average Bonchev–Trinajstić information content (AvgIpc) is 1.83. The Bertz CT molecular complexity index is 235. The van der Waals surface area contributed by atoms with Gasteiger partial charge in [-0.25, -0.2) is 0 Å². The molecule has 0 rings (SSSR count). The molecule has 0 aliphatic rings. The van der Waals surface area contributed by atoms with E-state index in [9.17, 15) is 13.2 Å². The van der Waals surface area contributed by atoms with Gasteiger partial charge in [0.15, 0.2) is 0 Å². The SMILES string of the molecule is CC(=O)OCCCCS(=O)(=O)O.[Na]. The number of hydrogen-bond acceptors (Lipinski definition) is 4. The second kappa shape index (κ2) is 7.75. The van der Waals surface area contributed by atoms with Crippen LogP contribution in [0, 0.1) is 0 Å². The van der Waals surface area contributed by atoms with Crippen LogP contribution in [0.5, 0.6) is 0 Å². The van der Waals surface area contributed by atoms with Crippen LogP contribution in [0.3, 0.4) is 0 Å². The molecule has 73 valence electrons. The average molecular weight is 219 g/mol. The molecular weight excluding hydrogens is 207 g/mol. The van der Waals surface area contributed by atoms with E-state index in [1.165, 1.54) is 6.92 Å². The number of esters is 1. The van der Waals surface area contributed by atoms with Crippen LogP contribution < -0.4 is 0 Å². The molecule has 0 saturated heterocycles. The van der Waals surface area contributed by atoms with Gasteiger partial charge in [0.25, 0.3) is 10.1 Å². The van der Waals surface area contributed by atoms with Crippen LogP contribution in [0.15, 0.2) is 0 Å². The van der Waals surface area contributed by atoms with Gasteiger partial charge in [0.05, 0.1) is 12.4 Å². The second-order valence-corrected chi connectivity index (χ2v) is 3.91. The number of hydrogen-bond donors (Lipinski definition) is 1. The van der Waals surface area contributed by atoms with Crippen molar-refractivity contribution in [1.82, 2.24) is 0 Å². The Morgan fingerprint density at radius 1 is 1.38 bits per heavy atom. The first kappa shape index (κ1) is 15.8. The maximum absolute atomic E-state index is 10.2. The van der Waals surface area contributed by atoms with Gasteiger partial charge < -0.3 is 4.74 Å². The number of carbonyl (C=O) groups excluding carboxylic acids is 1. The van der Waals surface area contributed by atoms with Crippen molar-refractivity contribution < 1.29 is 22.5 Å². The third-order valence-electron chi connectivity index (χ3n) is 1.10. The largest absolute Gasteiger partial charge is 0.466 e. The molecule has 0 saturated carbocycles. The summed E-state index contributed by atoms with van der Waals surface area (Å²) in [5.41, 5.74) is 0. The van der Waals surface area contributed by atoms with Gasteiger partial charge >= 0.3 is 5.97 Å². The van der Waals surface area contributed by atoms with E-state index in [1.54, 1.807) is 0 Å². The summed E-state index contributed by atoms with van der Waals surface area (Å²) >= 11 is 0. The first-order valence-corrected chi connectivity index (χ1v) is 5.11. The molecule has 0 heterocycles. The van der Waals surface area contributed by atoms with Crippen molar-refractivity contribution in [3.8, 4) is 0 Å². The van der Waals surface area contributed by atoms with E-state index in [4.69, 9.17) is 4.55 Å². The van der Waals surface area contributed by atoms with E-state index in [0.717, 1.165) is 0 Å². The Labute approximate surface area is 99.9 Å². The molecule has 1 radical (unpaired) electrons. The van der Waals surface area contributed by atoms with Crippen LogP contribution in [0.4, 0.5) is 0 Å². The van der Waals surface area contributed by atoms with Gasteiger partial charge in [-0.1, -0.05) is 0 Å². The molecule has 1 N–H and O–H groups in total. The topological polar surface area (TPSA) is 80.7 Å². The molecule has 0 aliphatic carbocycles. The molecule has 13 heavy (non-hydrogen) atoms. The third-order valence-corrected chi connectivity index (χ3v) is 1.91. The molecule has 0 spiro atoms. The van der Waals surface area contributed by atoms with E-state index in [0.29, 0.717) is 12.8 Å². The molecule has 0 aromatic carbocycles. The summed E-state index contributed by atoms with van der Waals surface area (Å²) in [6, 6.07) is 0. The smallest absolute Gasteiger partial charge is 0.302 e. The number of ether oxygens (including phenoxy) is 1. The minimum absolute atomic E-state index is 0. The molecule has 7 heteroatoms. The summed E-state index contributed by atoms with van der Waals surface area (Å²) in [5, 5.41) is 0. The zero-order valence-electron chi connectivity index (χ0n) is 7.82. The first-order chi connectivity index (χ1) is 5.42. The predicted molar refractivity (Wildman–Crippen MR) is 48.0 cm³/mol. The number of unbranched alkanes of at least 4 members (excludes halogenated alkanes) is 1. The van der Waals surface area contributed by atoms with Crippen LogP contribution in [-0.4, -0.2) is 60.9 Å². The normalized spacial score (nSPS) is 10.3. The maximum atomic E-state index is 10.2. The summed E-state index contributed by atoms with van der Waals surface area (Å²) in [6.45, 7) is 1.48. The van der Waals surface area contributed by atoms with Crippen LogP contribution in [0.1, 0.15) is 19.8 Å². The predicted octanol–water partition coefficient (Wildman–Crippen LogP) is -0.163. The fourth-order valence-electron chi connectivity index (χ4n) is 0.602. The van der Waals surface area contributed by atoms with Gasteiger partial charge in [0, 0.05) is 36.5 Å². The standard InChI is InChI=1S/C6H12O5S.Na/c1-6(7)11-4-2-3-5-12(8,9)10;/h2-5H2,1H3,(H,8,9,10);. The zero-order valence-corrected chi connectivity index (χ0v) is 10.6. The summed E-state index contributed by atoms with van der Waals surface area (Å²) in [5.74, 6) is -0.671. The Balaban J connectivity index is 0. The molecule has 0 fully saturated rings. The van der Waals surface area contributed by atoms with Gasteiger partial charge in [0.1, 0.15) is 0 Å². The molecular formula is C6H12NaO5S. The van der Waals surface area contributed by atoms with Crippen LogP contribution in [0.25, 0.3) is 0 Å². The maximum Gasteiger partial charge on any atom is 0.302 e. The second-order valence-electron chi connectivity index (χ2n) is 2.33. The van der Waals surface area contributed by atoms with Crippen molar-refractivity contribution in [3.63, 3.8) is 0 Å². The van der Waals surface area contributed by atoms with Crippen LogP contribution in [0.2, 0.25) is 0 Å². The van der Waals surface area contributed by atoms with E-state index in [1.807, 2.05) is 0 Å². The van der Waals surface area contributed by atoms with Crippen LogP contribution >= 0.6 is 0 Å². The third kappa shape index (κ3) is 15.2. The molecule has 0 bridgehead atoms. The summed E-state index contributed by atoms with van der Waals surface area (Å²) in [6.07, 6.45) is 0.742. The quantitative estimate of drug-likeness (QED) is 0.300. The molecule has 0 aliphatic heterocycles. The van der Waals surface area contributed by atoms with Crippen molar-refractivity contribution in [2.75, 3.05) is 12.4 Å².